The smallest absolute Gasteiger partial charge is 0.260 e. The van der Waals surface area contributed by atoms with Crippen molar-refractivity contribution in [3.05, 3.63) is 36.9 Å². The molecule has 6 nitrogen and oxygen atoms in total. The lowest BCUT2D eigenvalue weighted by molar-refractivity contribution is -0.139. The first kappa shape index (κ1) is 16.1. The van der Waals surface area contributed by atoms with Crippen LogP contribution in [0.1, 0.15) is 38.5 Å². The Morgan fingerprint density at radius 3 is 2.96 bits per heavy atom. The van der Waals surface area contributed by atoms with Gasteiger partial charge in [0.25, 0.3) is 5.91 Å². The minimum Gasteiger partial charge on any atom is -0.484 e. The maximum atomic E-state index is 12.7. The van der Waals surface area contributed by atoms with Crippen molar-refractivity contribution in [1.29, 1.82) is 0 Å². The molecule has 2 fully saturated rings. The van der Waals surface area contributed by atoms with Crippen LogP contribution in [0.25, 0.3) is 5.69 Å². The van der Waals surface area contributed by atoms with E-state index in [9.17, 15) is 4.79 Å². The minimum atomic E-state index is 0.101. The summed E-state index contributed by atoms with van der Waals surface area (Å²) in [6.07, 6.45) is 10.5. The average molecular weight is 340 g/mol. The number of piperidine rings is 1. The van der Waals surface area contributed by atoms with Crippen molar-refractivity contribution in [2.45, 2.75) is 44.6 Å². The lowest BCUT2D eigenvalue weighted by Gasteiger charge is -2.44. The molecule has 0 unspecified atom stereocenters. The first-order valence-corrected chi connectivity index (χ1v) is 9.18. The predicted octanol–water partition coefficient (Wildman–Crippen LogP) is 2.83. The molecule has 0 bridgehead atoms. The Morgan fingerprint density at radius 1 is 1.20 bits per heavy atom. The summed E-state index contributed by atoms with van der Waals surface area (Å²) < 4.78 is 7.46. The second kappa shape index (κ2) is 7.25. The molecule has 0 radical (unpaired) electrons. The number of hydrogen-bond donors (Lipinski definition) is 0. The molecular formula is C19H24N4O2. The molecular weight excluding hydrogens is 316 g/mol. The maximum Gasteiger partial charge on any atom is 0.260 e. The summed E-state index contributed by atoms with van der Waals surface area (Å²) in [5.41, 5.74) is 0.868. The standard InChI is InChI=1S/C19H24N4O2/c24-19(22-10-4-6-15-5-1-2-9-18(15)22)12-25-17-8-3-7-16(11-17)23-14-20-13-21-23/h3,7-8,11,13-15,18H,1-2,4-6,9-10,12H2/t15-,18+/m0/s1. The summed E-state index contributed by atoms with van der Waals surface area (Å²) in [6, 6.07) is 8.00. The van der Waals surface area contributed by atoms with Crippen LogP contribution >= 0.6 is 0 Å². The largest absolute Gasteiger partial charge is 0.484 e. The van der Waals surface area contributed by atoms with Crippen LogP contribution in [0.15, 0.2) is 36.9 Å². The van der Waals surface area contributed by atoms with E-state index in [-0.39, 0.29) is 12.5 Å². The Labute approximate surface area is 147 Å². The number of likely N-dealkylation sites (tertiary alicyclic amines) is 1. The number of amides is 1. The quantitative estimate of drug-likeness (QED) is 0.859. The first-order valence-electron chi connectivity index (χ1n) is 9.18. The molecule has 1 saturated carbocycles. The highest BCUT2D eigenvalue weighted by Crippen LogP contribution is 2.35. The number of fused-ring (bicyclic) bond motifs is 1. The monoisotopic (exact) mass is 340 g/mol. The molecule has 1 aromatic carbocycles. The molecule has 1 aromatic heterocycles. The van der Waals surface area contributed by atoms with Gasteiger partial charge in [0.15, 0.2) is 6.61 Å². The fourth-order valence-electron chi connectivity index (χ4n) is 4.22. The second-order valence-corrected chi connectivity index (χ2v) is 6.97. The summed E-state index contributed by atoms with van der Waals surface area (Å²) in [5, 5.41) is 4.12. The number of carbonyl (C=O) groups excluding carboxylic acids is 1. The molecule has 1 aliphatic carbocycles. The van der Waals surface area contributed by atoms with Crippen molar-refractivity contribution in [3.63, 3.8) is 0 Å². The lowest BCUT2D eigenvalue weighted by atomic mass is 9.78. The Bertz CT molecular complexity index is 714. The number of hydrogen-bond acceptors (Lipinski definition) is 4. The van der Waals surface area contributed by atoms with Crippen LogP contribution in [0.4, 0.5) is 0 Å². The van der Waals surface area contributed by atoms with Gasteiger partial charge in [-0.05, 0) is 43.7 Å². The Hall–Kier alpha value is -2.37. The molecule has 6 heteroatoms. The van der Waals surface area contributed by atoms with Crippen molar-refractivity contribution in [2.75, 3.05) is 13.2 Å². The zero-order valence-electron chi connectivity index (χ0n) is 14.4. The fraction of sp³-hybridized carbons (Fsp3) is 0.526. The summed E-state index contributed by atoms with van der Waals surface area (Å²) in [5.74, 6) is 1.49. The Balaban J connectivity index is 1.39. The molecule has 132 valence electrons. The van der Waals surface area contributed by atoms with E-state index in [1.165, 1.54) is 32.0 Å². The number of aromatic nitrogens is 3. The van der Waals surface area contributed by atoms with E-state index in [2.05, 4.69) is 15.0 Å². The van der Waals surface area contributed by atoms with Gasteiger partial charge in [-0.25, -0.2) is 9.67 Å². The van der Waals surface area contributed by atoms with Crippen LogP contribution < -0.4 is 4.74 Å². The van der Waals surface area contributed by atoms with E-state index in [0.29, 0.717) is 17.7 Å². The molecule has 2 aromatic rings. The van der Waals surface area contributed by atoms with E-state index in [0.717, 1.165) is 25.1 Å². The van der Waals surface area contributed by atoms with Gasteiger partial charge in [0.1, 0.15) is 18.4 Å². The Kier molecular flexibility index (Phi) is 4.68. The van der Waals surface area contributed by atoms with E-state index in [1.807, 2.05) is 24.3 Å². The van der Waals surface area contributed by atoms with Crippen molar-refractivity contribution in [1.82, 2.24) is 19.7 Å². The van der Waals surface area contributed by atoms with Crippen LogP contribution in [0.3, 0.4) is 0 Å². The number of nitrogens with zero attached hydrogens (tertiary/aromatic N) is 4. The predicted molar refractivity (Wildman–Crippen MR) is 93.5 cm³/mol. The van der Waals surface area contributed by atoms with Gasteiger partial charge < -0.3 is 9.64 Å². The van der Waals surface area contributed by atoms with Crippen molar-refractivity contribution in [3.8, 4) is 11.4 Å². The van der Waals surface area contributed by atoms with Gasteiger partial charge in [-0.2, -0.15) is 5.10 Å². The molecule has 2 atom stereocenters. The van der Waals surface area contributed by atoms with Gasteiger partial charge in [-0.1, -0.05) is 18.9 Å². The highest BCUT2D eigenvalue weighted by molar-refractivity contribution is 5.78. The third-order valence-corrected chi connectivity index (χ3v) is 5.43. The zero-order valence-corrected chi connectivity index (χ0v) is 14.4. The molecule has 2 heterocycles. The number of rotatable bonds is 4. The summed E-state index contributed by atoms with van der Waals surface area (Å²) in [6.45, 7) is 0.979. The van der Waals surface area contributed by atoms with Crippen molar-refractivity contribution >= 4 is 5.91 Å². The molecule has 4 rings (SSSR count). The molecule has 2 aliphatic rings. The van der Waals surface area contributed by atoms with E-state index in [1.54, 1.807) is 11.0 Å². The average Bonchev–Trinajstić information content (AvgIpc) is 3.21. The van der Waals surface area contributed by atoms with Gasteiger partial charge in [0.05, 0.1) is 5.69 Å². The van der Waals surface area contributed by atoms with Crippen molar-refractivity contribution in [2.24, 2.45) is 5.92 Å². The van der Waals surface area contributed by atoms with Crippen LogP contribution in [0, 0.1) is 5.92 Å². The first-order chi connectivity index (χ1) is 12.3. The lowest BCUT2D eigenvalue weighted by Crippen LogP contribution is -2.51. The van der Waals surface area contributed by atoms with Gasteiger partial charge >= 0.3 is 0 Å². The van der Waals surface area contributed by atoms with Gasteiger partial charge in [-0.15, -0.1) is 0 Å². The molecule has 1 saturated heterocycles. The third kappa shape index (κ3) is 3.52. The maximum absolute atomic E-state index is 12.7. The van der Waals surface area contributed by atoms with Crippen LogP contribution in [0.5, 0.6) is 5.75 Å². The van der Waals surface area contributed by atoms with E-state index < -0.39 is 0 Å². The van der Waals surface area contributed by atoms with Gasteiger partial charge in [0.2, 0.25) is 0 Å². The van der Waals surface area contributed by atoms with Gasteiger partial charge in [-0.3, -0.25) is 4.79 Å². The topological polar surface area (TPSA) is 60.3 Å². The minimum absolute atomic E-state index is 0.101. The number of ether oxygens (including phenoxy) is 1. The van der Waals surface area contributed by atoms with Crippen molar-refractivity contribution < 1.29 is 9.53 Å². The third-order valence-electron chi connectivity index (χ3n) is 5.43. The SMILES string of the molecule is O=C(COc1cccc(-n2cncn2)c1)N1CCC[C@@H]2CCCC[C@H]21. The number of carbonyl (C=O) groups is 1. The molecule has 0 N–H and O–H groups in total. The highest BCUT2D eigenvalue weighted by atomic mass is 16.5. The molecule has 0 spiro atoms. The second-order valence-electron chi connectivity index (χ2n) is 6.97. The number of benzene rings is 1. The zero-order chi connectivity index (χ0) is 17.1. The molecule has 1 amide bonds. The molecule has 25 heavy (non-hydrogen) atoms. The van der Waals surface area contributed by atoms with Gasteiger partial charge in [0, 0.05) is 18.7 Å². The normalized spacial score (nSPS) is 23.1. The van der Waals surface area contributed by atoms with Crippen LogP contribution in [-0.4, -0.2) is 44.8 Å². The summed E-state index contributed by atoms with van der Waals surface area (Å²) in [4.78, 5) is 18.7. The van der Waals surface area contributed by atoms with Crippen LogP contribution in [-0.2, 0) is 4.79 Å². The highest BCUT2D eigenvalue weighted by Gasteiger charge is 2.35. The van der Waals surface area contributed by atoms with E-state index in [4.69, 9.17) is 4.74 Å². The van der Waals surface area contributed by atoms with E-state index >= 15 is 0 Å². The molecule has 1 aliphatic heterocycles. The Morgan fingerprint density at radius 2 is 2.08 bits per heavy atom. The summed E-state index contributed by atoms with van der Waals surface area (Å²) >= 11 is 0. The summed E-state index contributed by atoms with van der Waals surface area (Å²) in [7, 11) is 0. The fourth-order valence-corrected chi connectivity index (χ4v) is 4.22. The van der Waals surface area contributed by atoms with Crippen LogP contribution in [0.2, 0.25) is 0 Å².